The molecule has 0 heterocycles. The molecule has 0 unspecified atom stereocenters. The van der Waals surface area contributed by atoms with Gasteiger partial charge in [0.05, 0.1) is 5.71 Å². The van der Waals surface area contributed by atoms with Crippen molar-refractivity contribution in [2.24, 2.45) is 0 Å². The smallest absolute Gasteiger partial charge is 0.315 e. The van der Waals surface area contributed by atoms with Gasteiger partial charge in [-0.15, -0.1) is 0 Å². The molecule has 0 aromatic rings. The Kier molecular flexibility index (Phi) is 1.38. The average Bonchev–Trinajstić information content (AvgIpc) is 1.90. The van der Waals surface area contributed by atoms with Crippen molar-refractivity contribution in [1.29, 1.82) is 5.41 Å². The molecule has 0 saturated heterocycles. The number of rotatable bonds is 0. The van der Waals surface area contributed by atoms with E-state index in [1.165, 1.54) is 0 Å². The van der Waals surface area contributed by atoms with E-state index >= 15 is 0 Å². The van der Waals surface area contributed by atoms with E-state index in [2.05, 4.69) is 4.79 Å². The summed E-state index contributed by atoms with van der Waals surface area (Å²) in [5.41, 5.74) is 9.09. The van der Waals surface area contributed by atoms with Gasteiger partial charge in [-0.25, -0.2) is 0 Å². The Morgan fingerprint density at radius 1 is 1.22 bits per heavy atom. The third-order valence-corrected chi connectivity index (χ3v) is 0.983. The Labute approximate surface area is 52.4 Å². The van der Waals surface area contributed by atoms with E-state index in [0.717, 1.165) is 0 Å². The highest BCUT2D eigenvalue weighted by Crippen LogP contribution is 1.91. The van der Waals surface area contributed by atoms with Crippen molar-refractivity contribution in [2.45, 2.75) is 0 Å². The number of nitrogens with one attached hydrogen (secondary N) is 1. The molecular formula is C6H5N3. The Balaban J connectivity index is 2.94. The number of nitrogens with zero attached hydrogens (tertiary/aromatic N) is 2. The third kappa shape index (κ3) is 1.21. The van der Waals surface area contributed by atoms with E-state index in [1.807, 2.05) is 0 Å². The molecule has 3 nitrogen and oxygen atoms in total. The van der Waals surface area contributed by atoms with Crippen LogP contribution in [0.5, 0.6) is 0 Å². The van der Waals surface area contributed by atoms with Gasteiger partial charge in [-0.1, -0.05) is 0 Å². The van der Waals surface area contributed by atoms with Crippen LogP contribution in [0.25, 0.3) is 5.53 Å². The summed E-state index contributed by atoms with van der Waals surface area (Å²) in [5, 5.41) is 7.04. The first-order valence-electron chi connectivity index (χ1n) is 2.49. The molecule has 0 spiro atoms. The van der Waals surface area contributed by atoms with Crippen LogP contribution in [0.4, 0.5) is 0 Å². The van der Waals surface area contributed by atoms with E-state index in [9.17, 15) is 0 Å². The maximum absolute atomic E-state index is 8.19. The van der Waals surface area contributed by atoms with E-state index < -0.39 is 0 Å². The molecule has 0 bridgehead atoms. The minimum absolute atomic E-state index is 0.419. The highest BCUT2D eigenvalue weighted by Gasteiger charge is 2.00. The van der Waals surface area contributed by atoms with Crippen molar-refractivity contribution in [3.8, 4) is 0 Å². The van der Waals surface area contributed by atoms with Crippen molar-refractivity contribution in [3.63, 3.8) is 0 Å². The molecule has 0 aliphatic heterocycles. The molecule has 1 aliphatic carbocycles. The minimum Gasteiger partial charge on any atom is -0.361 e. The molecule has 0 saturated carbocycles. The molecule has 1 rings (SSSR count). The molecule has 1 aliphatic rings. The molecule has 44 valence electrons. The van der Waals surface area contributed by atoms with Crippen molar-refractivity contribution >= 4 is 11.4 Å². The monoisotopic (exact) mass is 119 g/mol. The van der Waals surface area contributed by atoms with Gasteiger partial charge < -0.3 is 10.9 Å². The van der Waals surface area contributed by atoms with Crippen molar-refractivity contribution in [3.05, 3.63) is 29.8 Å². The zero-order valence-corrected chi connectivity index (χ0v) is 4.70. The first kappa shape index (κ1) is 5.66. The summed E-state index contributed by atoms with van der Waals surface area (Å²) in [6.45, 7) is 0. The first-order valence-corrected chi connectivity index (χ1v) is 2.49. The molecule has 0 aromatic heterocycles. The van der Waals surface area contributed by atoms with Crippen LogP contribution >= 0.6 is 0 Å². The summed E-state index contributed by atoms with van der Waals surface area (Å²) in [4.78, 5) is 2.93. The van der Waals surface area contributed by atoms with E-state index in [0.29, 0.717) is 11.4 Å². The van der Waals surface area contributed by atoms with Crippen LogP contribution in [0.1, 0.15) is 0 Å². The largest absolute Gasteiger partial charge is 0.361 e. The number of hydrogen-bond donors (Lipinski definition) is 1. The third-order valence-electron chi connectivity index (χ3n) is 0.983. The normalized spacial score (nSPS) is 16.0. The lowest BCUT2D eigenvalue weighted by atomic mass is 10.1. The predicted octanol–water partition coefficient (Wildman–Crippen LogP) is 0.803. The Hall–Kier alpha value is -1.47. The second-order valence-electron chi connectivity index (χ2n) is 1.65. The summed E-state index contributed by atoms with van der Waals surface area (Å²) in [5.74, 6) is 0. The standard InChI is InChI=1S/C6H5N3/c7-5-1-3-6(9-8)4-2-5/h1-4,7H. The van der Waals surface area contributed by atoms with Crippen LogP contribution in [0.2, 0.25) is 0 Å². The van der Waals surface area contributed by atoms with Gasteiger partial charge >= 0.3 is 5.71 Å². The molecule has 0 radical (unpaired) electrons. The fourth-order valence-corrected chi connectivity index (χ4v) is 0.528. The van der Waals surface area contributed by atoms with Crippen LogP contribution in [-0.4, -0.2) is 16.2 Å². The molecule has 0 amide bonds. The molecule has 0 aromatic carbocycles. The Bertz CT molecular complexity index is 223. The molecule has 3 heteroatoms. The van der Waals surface area contributed by atoms with Gasteiger partial charge in [0, 0.05) is 12.2 Å². The van der Waals surface area contributed by atoms with E-state index in [-0.39, 0.29) is 0 Å². The summed E-state index contributed by atoms with van der Waals surface area (Å²) in [7, 11) is 0. The van der Waals surface area contributed by atoms with Crippen molar-refractivity contribution in [2.75, 3.05) is 0 Å². The van der Waals surface area contributed by atoms with Crippen LogP contribution in [0.15, 0.2) is 24.3 Å². The predicted molar refractivity (Wildman–Crippen MR) is 34.6 cm³/mol. The summed E-state index contributed by atoms with van der Waals surface area (Å²) in [6, 6.07) is 0. The quantitative estimate of drug-likeness (QED) is 0.278. The lowest BCUT2D eigenvalue weighted by Crippen LogP contribution is -1.98. The van der Waals surface area contributed by atoms with Gasteiger partial charge in [0.25, 0.3) is 0 Å². The summed E-state index contributed by atoms with van der Waals surface area (Å²) in [6.07, 6.45) is 6.27. The van der Waals surface area contributed by atoms with Gasteiger partial charge in [-0.2, -0.15) is 4.79 Å². The SMILES string of the molecule is [N-]=[N+]=C1C=CC(=N)C=C1. The maximum atomic E-state index is 8.19. The Morgan fingerprint density at radius 2 is 1.78 bits per heavy atom. The van der Waals surface area contributed by atoms with Crippen LogP contribution in [-0.2, 0) is 0 Å². The van der Waals surface area contributed by atoms with E-state index in [1.54, 1.807) is 24.3 Å². The fourth-order valence-electron chi connectivity index (χ4n) is 0.528. The molecule has 0 fully saturated rings. The number of hydrogen-bond acceptors (Lipinski definition) is 1. The number of allylic oxidation sites excluding steroid dienone is 4. The molecule has 9 heavy (non-hydrogen) atoms. The highest BCUT2D eigenvalue weighted by molar-refractivity contribution is 6.15. The van der Waals surface area contributed by atoms with Gasteiger partial charge in [0.15, 0.2) is 0 Å². The highest BCUT2D eigenvalue weighted by atomic mass is 14.8. The summed E-state index contributed by atoms with van der Waals surface area (Å²) < 4.78 is 0. The molecule has 0 atom stereocenters. The summed E-state index contributed by atoms with van der Waals surface area (Å²) >= 11 is 0. The zero-order chi connectivity index (χ0) is 6.69. The second kappa shape index (κ2) is 2.20. The lowest BCUT2D eigenvalue weighted by molar-refractivity contribution is -0.00152. The fraction of sp³-hybridized carbons (Fsp3) is 0. The second-order valence-corrected chi connectivity index (χ2v) is 1.65. The van der Waals surface area contributed by atoms with Gasteiger partial charge in [-0.3, -0.25) is 0 Å². The van der Waals surface area contributed by atoms with Crippen molar-refractivity contribution < 1.29 is 4.79 Å². The maximum Gasteiger partial charge on any atom is 0.315 e. The lowest BCUT2D eigenvalue weighted by Gasteiger charge is -1.88. The average molecular weight is 119 g/mol. The van der Waals surface area contributed by atoms with Gasteiger partial charge in [0.2, 0.25) is 0 Å². The topological polar surface area (TPSA) is 60.3 Å². The van der Waals surface area contributed by atoms with E-state index in [4.69, 9.17) is 10.9 Å². The minimum atomic E-state index is 0.419. The van der Waals surface area contributed by atoms with Gasteiger partial charge in [-0.05, 0) is 12.2 Å². The molecule has 1 N–H and O–H groups in total. The molecular weight excluding hydrogens is 114 g/mol. The van der Waals surface area contributed by atoms with Crippen LogP contribution in [0.3, 0.4) is 0 Å². The van der Waals surface area contributed by atoms with Crippen LogP contribution in [0, 0.1) is 5.41 Å². The Morgan fingerprint density at radius 3 is 2.22 bits per heavy atom. The first-order chi connectivity index (χ1) is 4.33. The zero-order valence-electron chi connectivity index (χ0n) is 4.70. The van der Waals surface area contributed by atoms with Crippen molar-refractivity contribution in [1.82, 2.24) is 0 Å². The van der Waals surface area contributed by atoms with Crippen LogP contribution < -0.4 is 0 Å². The van der Waals surface area contributed by atoms with Gasteiger partial charge in [0.1, 0.15) is 0 Å².